The number of benzene rings is 2. The van der Waals surface area contributed by atoms with Crippen molar-refractivity contribution in [2.24, 2.45) is 0 Å². The number of nitrogens with one attached hydrogen (secondary N) is 1. The Morgan fingerprint density at radius 1 is 1.20 bits per heavy atom. The van der Waals surface area contributed by atoms with Crippen molar-refractivity contribution in [2.75, 3.05) is 12.0 Å². The van der Waals surface area contributed by atoms with Gasteiger partial charge in [0.2, 0.25) is 0 Å². The quantitative estimate of drug-likeness (QED) is 0.384. The zero-order valence-electron chi connectivity index (χ0n) is 17.0. The van der Waals surface area contributed by atoms with E-state index in [-0.39, 0.29) is 16.8 Å². The van der Waals surface area contributed by atoms with Crippen LogP contribution in [0.3, 0.4) is 0 Å². The van der Waals surface area contributed by atoms with Gasteiger partial charge in [-0.1, -0.05) is 18.2 Å². The molecule has 30 heavy (non-hydrogen) atoms. The van der Waals surface area contributed by atoms with Crippen LogP contribution in [-0.4, -0.2) is 30.1 Å². The third-order valence-electron chi connectivity index (χ3n) is 4.37. The second-order valence-electron chi connectivity index (χ2n) is 6.95. The van der Waals surface area contributed by atoms with Crippen LogP contribution in [-0.2, 0) is 9.59 Å². The Morgan fingerprint density at radius 3 is 2.53 bits per heavy atom. The highest BCUT2D eigenvalue weighted by atomic mass is 79.9. The molecule has 1 N–H and O–H groups in total. The highest BCUT2D eigenvalue weighted by Gasteiger charge is 2.35. The van der Waals surface area contributed by atoms with E-state index in [1.165, 1.54) is 18.1 Å². The van der Waals surface area contributed by atoms with E-state index in [9.17, 15) is 9.59 Å². The van der Waals surface area contributed by atoms with Gasteiger partial charge in [0, 0.05) is 0 Å². The normalized spacial score (nSPS) is 15.6. The predicted octanol–water partition coefficient (Wildman–Crippen LogP) is 4.38. The molecule has 2 aromatic carbocycles. The fraction of sp³-hybridized carbons (Fsp3) is 0.227. The Morgan fingerprint density at radius 2 is 1.90 bits per heavy atom. The summed E-state index contributed by atoms with van der Waals surface area (Å²) in [5.41, 5.74) is 2.06. The molecule has 1 aliphatic rings. The van der Waals surface area contributed by atoms with Crippen molar-refractivity contribution in [3.8, 4) is 11.5 Å². The first-order chi connectivity index (χ1) is 14.2. The van der Waals surface area contributed by atoms with Gasteiger partial charge in [-0.05, 0) is 84.3 Å². The van der Waals surface area contributed by atoms with Gasteiger partial charge in [-0.3, -0.25) is 19.8 Å². The van der Waals surface area contributed by atoms with Gasteiger partial charge in [0.1, 0.15) is 5.57 Å². The number of anilines is 1. The highest BCUT2D eigenvalue weighted by Crippen LogP contribution is 2.38. The van der Waals surface area contributed by atoms with Gasteiger partial charge in [-0.2, -0.15) is 0 Å². The number of amides is 2. The monoisotopic (exact) mass is 488 g/mol. The zero-order chi connectivity index (χ0) is 22.0. The number of ether oxygens (including phenoxy) is 2. The summed E-state index contributed by atoms with van der Waals surface area (Å²) < 4.78 is 11.9. The van der Waals surface area contributed by atoms with E-state index in [0.717, 1.165) is 5.56 Å². The molecule has 0 radical (unpaired) electrons. The maximum absolute atomic E-state index is 13.2. The van der Waals surface area contributed by atoms with Gasteiger partial charge in [-0.25, -0.2) is 0 Å². The average Bonchev–Trinajstić information content (AvgIpc) is 2.68. The first-order valence-electron chi connectivity index (χ1n) is 9.24. The number of hydrogen-bond donors (Lipinski definition) is 1. The van der Waals surface area contributed by atoms with E-state index in [1.54, 1.807) is 18.2 Å². The molecular weight excluding hydrogens is 468 g/mol. The van der Waals surface area contributed by atoms with Crippen molar-refractivity contribution in [3.05, 3.63) is 57.6 Å². The van der Waals surface area contributed by atoms with Crippen molar-refractivity contribution in [1.29, 1.82) is 0 Å². The summed E-state index contributed by atoms with van der Waals surface area (Å²) in [6.45, 7) is 5.70. The third kappa shape index (κ3) is 4.39. The van der Waals surface area contributed by atoms with Gasteiger partial charge in [0.05, 0.1) is 23.4 Å². The van der Waals surface area contributed by atoms with Crippen molar-refractivity contribution in [3.63, 3.8) is 0 Å². The Bertz CT molecular complexity index is 1070. The minimum atomic E-state index is -0.549. The van der Waals surface area contributed by atoms with Crippen LogP contribution >= 0.6 is 28.1 Å². The van der Waals surface area contributed by atoms with Gasteiger partial charge < -0.3 is 9.47 Å². The maximum atomic E-state index is 13.2. The minimum absolute atomic E-state index is 0.0293. The number of carbonyl (C=O) groups is 2. The van der Waals surface area contributed by atoms with Crippen LogP contribution < -0.4 is 19.7 Å². The molecule has 1 fully saturated rings. The summed E-state index contributed by atoms with van der Waals surface area (Å²) in [5, 5.41) is 2.65. The van der Waals surface area contributed by atoms with Crippen molar-refractivity contribution >= 4 is 56.8 Å². The fourth-order valence-electron chi connectivity index (χ4n) is 3.03. The van der Waals surface area contributed by atoms with Crippen molar-refractivity contribution < 1.29 is 19.1 Å². The molecule has 1 aliphatic heterocycles. The smallest absolute Gasteiger partial charge is 0.270 e. The fourth-order valence-corrected chi connectivity index (χ4v) is 3.86. The number of halogens is 1. The lowest BCUT2D eigenvalue weighted by Crippen LogP contribution is -2.54. The van der Waals surface area contributed by atoms with Gasteiger partial charge in [-0.15, -0.1) is 0 Å². The molecule has 0 aliphatic carbocycles. The van der Waals surface area contributed by atoms with Gasteiger partial charge >= 0.3 is 0 Å². The molecule has 1 saturated heterocycles. The van der Waals surface area contributed by atoms with Gasteiger partial charge in [0.15, 0.2) is 16.6 Å². The molecule has 0 atom stereocenters. The Labute approximate surface area is 189 Å². The molecular formula is C22H21BrN2O4S. The molecule has 0 unspecified atom stereocenters. The second kappa shape index (κ2) is 8.97. The van der Waals surface area contributed by atoms with Crippen molar-refractivity contribution in [2.45, 2.75) is 26.9 Å². The van der Waals surface area contributed by atoms with E-state index in [2.05, 4.69) is 21.2 Å². The van der Waals surface area contributed by atoms with Crippen LogP contribution in [0.4, 0.5) is 5.69 Å². The number of para-hydroxylation sites is 1. The van der Waals surface area contributed by atoms with Crippen LogP contribution in [0.5, 0.6) is 11.5 Å². The summed E-state index contributed by atoms with van der Waals surface area (Å²) in [6, 6.07) is 10.8. The SMILES string of the molecule is COc1cc(/C=C2\C(=O)NC(=S)N(c3ccccc3C)C2=O)cc(Br)c1OC(C)C. The average molecular weight is 489 g/mol. The maximum Gasteiger partial charge on any atom is 0.270 e. The predicted molar refractivity (Wildman–Crippen MR) is 124 cm³/mol. The Hall–Kier alpha value is -2.71. The molecule has 2 amide bonds. The molecule has 0 spiro atoms. The van der Waals surface area contributed by atoms with Crippen LogP contribution in [0.2, 0.25) is 0 Å². The number of thiocarbonyl (C=S) groups is 1. The largest absolute Gasteiger partial charge is 0.493 e. The first-order valence-corrected chi connectivity index (χ1v) is 10.4. The summed E-state index contributed by atoms with van der Waals surface area (Å²) in [6.07, 6.45) is 1.46. The lowest BCUT2D eigenvalue weighted by atomic mass is 10.1. The summed E-state index contributed by atoms with van der Waals surface area (Å²) in [4.78, 5) is 27.1. The molecule has 1 heterocycles. The van der Waals surface area contributed by atoms with E-state index in [1.807, 2.05) is 39.0 Å². The number of aryl methyl sites for hydroxylation is 1. The zero-order valence-corrected chi connectivity index (χ0v) is 19.4. The molecule has 6 nitrogen and oxygen atoms in total. The molecule has 0 aromatic heterocycles. The summed E-state index contributed by atoms with van der Waals surface area (Å²) in [7, 11) is 1.53. The van der Waals surface area contributed by atoms with Crippen LogP contribution in [0.1, 0.15) is 25.0 Å². The molecule has 3 rings (SSSR count). The first kappa shape index (κ1) is 22.0. The number of hydrogen-bond acceptors (Lipinski definition) is 5. The minimum Gasteiger partial charge on any atom is -0.493 e. The number of carbonyl (C=O) groups excluding carboxylic acids is 2. The summed E-state index contributed by atoms with van der Waals surface area (Å²) in [5.74, 6) is -0.000245. The molecule has 2 aromatic rings. The van der Waals surface area contributed by atoms with E-state index >= 15 is 0 Å². The van der Waals surface area contributed by atoms with E-state index < -0.39 is 11.8 Å². The second-order valence-corrected chi connectivity index (χ2v) is 8.19. The Kier molecular flexibility index (Phi) is 6.58. The van der Waals surface area contributed by atoms with E-state index in [4.69, 9.17) is 21.7 Å². The molecule has 0 saturated carbocycles. The van der Waals surface area contributed by atoms with Crippen molar-refractivity contribution in [1.82, 2.24) is 5.32 Å². The molecule has 0 bridgehead atoms. The van der Waals surface area contributed by atoms with E-state index in [0.29, 0.717) is 27.2 Å². The van der Waals surface area contributed by atoms with Crippen LogP contribution in [0.25, 0.3) is 6.08 Å². The molecule has 8 heteroatoms. The number of rotatable bonds is 5. The lowest BCUT2D eigenvalue weighted by molar-refractivity contribution is -0.122. The highest BCUT2D eigenvalue weighted by molar-refractivity contribution is 9.10. The van der Waals surface area contributed by atoms with Crippen LogP contribution in [0, 0.1) is 6.92 Å². The third-order valence-corrected chi connectivity index (χ3v) is 5.25. The summed E-state index contributed by atoms with van der Waals surface area (Å²) >= 11 is 8.74. The standard InChI is InChI=1S/C22H21BrN2O4S/c1-12(2)29-19-16(23)10-14(11-18(19)28-4)9-15-20(26)24-22(30)25(21(15)27)17-8-6-5-7-13(17)3/h5-12H,1-4H3,(H,24,26,30)/b15-9+. The number of methoxy groups -OCH3 is 1. The lowest BCUT2D eigenvalue weighted by Gasteiger charge is -2.30. The van der Waals surface area contributed by atoms with Crippen LogP contribution in [0.15, 0.2) is 46.4 Å². The Balaban J connectivity index is 2.05. The van der Waals surface area contributed by atoms with Gasteiger partial charge in [0.25, 0.3) is 11.8 Å². The topological polar surface area (TPSA) is 67.9 Å². The molecule has 156 valence electrons. The number of nitrogens with zero attached hydrogens (tertiary/aromatic N) is 1.